The molecule has 2 aliphatic heterocycles. The summed E-state index contributed by atoms with van der Waals surface area (Å²) in [6.07, 6.45) is 6.29. The number of nitrogens with zero attached hydrogens (tertiary/aromatic N) is 7. The molecule has 2 fully saturated rings. The van der Waals surface area contributed by atoms with Crippen LogP contribution in [0, 0.1) is 12.8 Å². The summed E-state index contributed by atoms with van der Waals surface area (Å²) in [4.78, 5) is 25.4. The monoisotopic (exact) mass is 385 g/mol. The van der Waals surface area contributed by atoms with Gasteiger partial charge in [0.05, 0.1) is 6.04 Å². The van der Waals surface area contributed by atoms with E-state index in [-0.39, 0.29) is 0 Å². The molecule has 0 saturated carbocycles. The number of aromatic nitrogens is 4. The van der Waals surface area contributed by atoms with Gasteiger partial charge < -0.3 is 14.7 Å². The number of piperidine rings is 1. The highest BCUT2D eigenvalue weighted by molar-refractivity contribution is 7.98. The van der Waals surface area contributed by atoms with Crippen LogP contribution in [-0.4, -0.2) is 66.0 Å². The minimum absolute atomic E-state index is 0.453. The van der Waals surface area contributed by atoms with E-state index in [4.69, 9.17) is 9.97 Å². The maximum Gasteiger partial charge on any atom is 0.227 e. The van der Waals surface area contributed by atoms with Gasteiger partial charge in [0.25, 0.3) is 0 Å². The number of rotatable bonds is 4. The zero-order valence-corrected chi connectivity index (χ0v) is 17.3. The zero-order chi connectivity index (χ0) is 19.0. The van der Waals surface area contributed by atoms with E-state index in [1.54, 1.807) is 11.8 Å². The number of anilines is 3. The molecule has 2 unspecified atom stereocenters. The standard InChI is InChI=1S/C19H27N7S/c1-13-11-17(23-19(21-13)27-4)26-10-7-14-6-9-25(12-15(14)26)18-20-8-5-16(22-18)24(2)3/h5,8,11,14-15H,6-7,9-10,12H2,1-4H3. The topological polar surface area (TPSA) is 61.3 Å². The van der Waals surface area contributed by atoms with Gasteiger partial charge in [-0.1, -0.05) is 11.8 Å². The average Bonchev–Trinajstić information content (AvgIpc) is 3.10. The van der Waals surface area contributed by atoms with E-state index in [1.807, 2.05) is 44.4 Å². The van der Waals surface area contributed by atoms with Crippen molar-refractivity contribution in [2.24, 2.45) is 5.92 Å². The van der Waals surface area contributed by atoms with Crippen LogP contribution in [0.3, 0.4) is 0 Å². The molecule has 144 valence electrons. The third-order valence-corrected chi connectivity index (χ3v) is 6.08. The molecule has 0 bridgehead atoms. The van der Waals surface area contributed by atoms with Gasteiger partial charge in [0, 0.05) is 51.7 Å². The summed E-state index contributed by atoms with van der Waals surface area (Å²) >= 11 is 1.60. The van der Waals surface area contributed by atoms with Crippen molar-refractivity contribution < 1.29 is 0 Å². The van der Waals surface area contributed by atoms with Crippen LogP contribution >= 0.6 is 11.8 Å². The van der Waals surface area contributed by atoms with Crippen molar-refractivity contribution in [1.82, 2.24) is 19.9 Å². The van der Waals surface area contributed by atoms with E-state index >= 15 is 0 Å². The maximum atomic E-state index is 4.78. The molecule has 0 radical (unpaired) electrons. The fourth-order valence-corrected chi connectivity index (χ4v) is 4.53. The van der Waals surface area contributed by atoms with Crippen molar-refractivity contribution >= 4 is 29.3 Å². The summed E-state index contributed by atoms with van der Waals surface area (Å²) in [5, 5.41) is 0.850. The highest BCUT2D eigenvalue weighted by atomic mass is 32.2. The van der Waals surface area contributed by atoms with Crippen molar-refractivity contribution in [2.45, 2.75) is 31.0 Å². The average molecular weight is 386 g/mol. The normalized spacial score (nSPS) is 22.1. The Balaban J connectivity index is 1.58. The Labute approximate surface area is 165 Å². The predicted molar refractivity (Wildman–Crippen MR) is 111 cm³/mol. The van der Waals surface area contributed by atoms with Gasteiger partial charge in [-0.2, -0.15) is 4.98 Å². The fourth-order valence-electron chi connectivity index (χ4n) is 4.11. The smallest absolute Gasteiger partial charge is 0.227 e. The first kappa shape index (κ1) is 18.3. The lowest BCUT2D eigenvalue weighted by Crippen LogP contribution is -2.49. The molecule has 2 aromatic rings. The van der Waals surface area contributed by atoms with Crippen LogP contribution in [0.15, 0.2) is 23.5 Å². The van der Waals surface area contributed by atoms with E-state index in [0.717, 1.165) is 48.1 Å². The van der Waals surface area contributed by atoms with Gasteiger partial charge in [-0.15, -0.1) is 0 Å². The minimum atomic E-state index is 0.453. The summed E-state index contributed by atoms with van der Waals surface area (Å²) in [6, 6.07) is 4.52. The van der Waals surface area contributed by atoms with Gasteiger partial charge in [-0.05, 0) is 38.0 Å². The van der Waals surface area contributed by atoms with Gasteiger partial charge >= 0.3 is 0 Å². The number of aryl methyl sites for hydroxylation is 1. The van der Waals surface area contributed by atoms with Crippen molar-refractivity contribution in [2.75, 3.05) is 54.7 Å². The molecule has 0 aliphatic carbocycles. The number of hydrogen-bond donors (Lipinski definition) is 0. The molecular formula is C19H27N7S. The van der Waals surface area contributed by atoms with Gasteiger partial charge in [0.1, 0.15) is 11.6 Å². The number of fused-ring (bicyclic) bond motifs is 1. The quantitative estimate of drug-likeness (QED) is 0.588. The highest BCUT2D eigenvalue weighted by Gasteiger charge is 2.39. The molecule has 0 amide bonds. The van der Waals surface area contributed by atoms with Gasteiger partial charge in [0.2, 0.25) is 5.95 Å². The summed E-state index contributed by atoms with van der Waals surface area (Å²) in [7, 11) is 4.02. The van der Waals surface area contributed by atoms with Crippen LogP contribution in [0.4, 0.5) is 17.6 Å². The second-order valence-electron chi connectivity index (χ2n) is 7.51. The number of hydrogen-bond acceptors (Lipinski definition) is 8. The molecule has 0 N–H and O–H groups in total. The molecule has 7 nitrogen and oxygen atoms in total. The Bertz CT molecular complexity index is 812. The van der Waals surface area contributed by atoms with E-state index in [2.05, 4.69) is 25.8 Å². The van der Waals surface area contributed by atoms with Crippen LogP contribution in [0.2, 0.25) is 0 Å². The third-order valence-electron chi connectivity index (χ3n) is 5.53. The first-order chi connectivity index (χ1) is 13.0. The van der Waals surface area contributed by atoms with Crippen LogP contribution in [0.5, 0.6) is 0 Å². The number of thioether (sulfide) groups is 1. The summed E-state index contributed by atoms with van der Waals surface area (Å²) in [5.74, 6) is 3.55. The summed E-state index contributed by atoms with van der Waals surface area (Å²) in [6.45, 7) is 5.07. The van der Waals surface area contributed by atoms with Crippen molar-refractivity contribution in [3.05, 3.63) is 24.0 Å². The van der Waals surface area contributed by atoms with Crippen molar-refractivity contribution in [1.29, 1.82) is 0 Å². The SMILES string of the molecule is CSc1nc(C)cc(N2CCC3CCN(c4nccc(N(C)C)n4)CC32)n1. The Morgan fingerprint density at radius 2 is 1.96 bits per heavy atom. The Hall–Kier alpha value is -2.09. The Kier molecular flexibility index (Phi) is 5.08. The molecular weight excluding hydrogens is 358 g/mol. The van der Waals surface area contributed by atoms with E-state index in [9.17, 15) is 0 Å². The second-order valence-corrected chi connectivity index (χ2v) is 8.28. The van der Waals surface area contributed by atoms with Crippen molar-refractivity contribution in [3.63, 3.8) is 0 Å². The molecule has 2 atom stereocenters. The first-order valence-electron chi connectivity index (χ1n) is 9.47. The lowest BCUT2D eigenvalue weighted by atomic mass is 9.92. The maximum absolute atomic E-state index is 4.78. The fraction of sp³-hybridized carbons (Fsp3) is 0.579. The minimum Gasteiger partial charge on any atom is -0.363 e. The lowest BCUT2D eigenvalue weighted by Gasteiger charge is -2.39. The van der Waals surface area contributed by atoms with Gasteiger partial charge in [0.15, 0.2) is 5.16 Å². The molecule has 2 aromatic heterocycles. The van der Waals surface area contributed by atoms with Crippen molar-refractivity contribution in [3.8, 4) is 0 Å². The first-order valence-corrected chi connectivity index (χ1v) is 10.7. The molecule has 0 spiro atoms. The van der Waals surface area contributed by atoms with Gasteiger partial charge in [-0.3, -0.25) is 0 Å². The molecule has 8 heteroatoms. The highest BCUT2D eigenvalue weighted by Crippen LogP contribution is 2.36. The molecule has 2 saturated heterocycles. The molecule has 4 rings (SSSR count). The van der Waals surface area contributed by atoms with Crippen LogP contribution in [0.25, 0.3) is 0 Å². The lowest BCUT2D eigenvalue weighted by molar-refractivity contribution is 0.386. The Morgan fingerprint density at radius 3 is 2.74 bits per heavy atom. The summed E-state index contributed by atoms with van der Waals surface area (Å²) in [5.41, 5.74) is 1.03. The van der Waals surface area contributed by atoms with Crippen LogP contribution < -0.4 is 14.7 Å². The van der Waals surface area contributed by atoms with E-state index in [1.165, 1.54) is 12.8 Å². The van der Waals surface area contributed by atoms with E-state index < -0.39 is 0 Å². The van der Waals surface area contributed by atoms with Crippen LogP contribution in [0.1, 0.15) is 18.5 Å². The molecule has 4 heterocycles. The van der Waals surface area contributed by atoms with E-state index in [0.29, 0.717) is 12.0 Å². The van der Waals surface area contributed by atoms with Gasteiger partial charge in [-0.25, -0.2) is 15.0 Å². The molecule has 0 aromatic carbocycles. The predicted octanol–water partition coefficient (Wildman–Crippen LogP) is 2.47. The molecule has 2 aliphatic rings. The zero-order valence-electron chi connectivity index (χ0n) is 16.5. The second kappa shape index (κ2) is 7.50. The summed E-state index contributed by atoms with van der Waals surface area (Å²) < 4.78 is 0. The largest absolute Gasteiger partial charge is 0.363 e. The third kappa shape index (κ3) is 3.67. The van der Waals surface area contributed by atoms with Crippen LogP contribution in [-0.2, 0) is 0 Å². The Morgan fingerprint density at radius 1 is 1.15 bits per heavy atom. The molecule has 27 heavy (non-hydrogen) atoms.